The lowest BCUT2D eigenvalue weighted by atomic mass is 9.94. The van der Waals surface area contributed by atoms with Crippen LogP contribution in [0.3, 0.4) is 0 Å². The molecule has 0 radical (unpaired) electrons. The van der Waals surface area contributed by atoms with E-state index in [1.807, 2.05) is 27.7 Å². The Morgan fingerprint density at radius 1 is 0.778 bits per heavy atom. The lowest BCUT2D eigenvalue weighted by molar-refractivity contribution is -0.363. The summed E-state index contributed by atoms with van der Waals surface area (Å²) in [6.07, 6.45) is 4.86. The van der Waals surface area contributed by atoms with Crippen molar-refractivity contribution in [2.24, 2.45) is 0 Å². The zero-order chi connectivity index (χ0) is 14.1. The summed E-state index contributed by atoms with van der Waals surface area (Å²) in [7, 11) is 0. The Hall–Kier alpha value is -0.680. The molecular weight excluding hydrogens is 232 g/mol. The Morgan fingerprint density at radius 3 is 1.39 bits per heavy atom. The minimum absolute atomic E-state index is 0.373. The van der Waals surface area contributed by atoms with Crippen LogP contribution in [0.2, 0.25) is 0 Å². The minimum Gasteiger partial charge on any atom is -0.232 e. The van der Waals surface area contributed by atoms with Gasteiger partial charge in [0.25, 0.3) is 0 Å². The van der Waals surface area contributed by atoms with Gasteiger partial charge in [-0.15, -0.1) is 13.2 Å². The normalized spacial score (nSPS) is 12.4. The fraction of sp³-hybridized carbons (Fsp3) is 0.714. The van der Waals surface area contributed by atoms with Gasteiger partial charge in [0.05, 0.1) is 11.2 Å². The second-order valence-electron chi connectivity index (χ2n) is 5.33. The molecule has 106 valence electrons. The molecule has 0 spiro atoms. The van der Waals surface area contributed by atoms with E-state index in [9.17, 15) is 0 Å². The van der Waals surface area contributed by atoms with Crippen molar-refractivity contribution < 1.29 is 19.6 Å². The monoisotopic (exact) mass is 258 g/mol. The van der Waals surface area contributed by atoms with E-state index in [2.05, 4.69) is 13.2 Å². The molecule has 18 heavy (non-hydrogen) atoms. The second-order valence-corrected chi connectivity index (χ2v) is 5.33. The van der Waals surface area contributed by atoms with Gasteiger partial charge in [0.15, 0.2) is 0 Å². The Kier molecular flexibility index (Phi) is 8.11. The van der Waals surface area contributed by atoms with Gasteiger partial charge >= 0.3 is 0 Å². The van der Waals surface area contributed by atoms with Crippen LogP contribution in [0.1, 0.15) is 40.5 Å². The Labute approximate surface area is 110 Å². The molecule has 0 aromatic carbocycles. The maximum absolute atomic E-state index is 5.31. The molecule has 0 heterocycles. The van der Waals surface area contributed by atoms with Gasteiger partial charge in [-0.05, 0) is 40.5 Å². The van der Waals surface area contributed by atoms with Crippen molar-refractivity contribution in [3.05, 3.63) is 25.3 Å². The van der Waals surface area contributed by atoms with E-state index >= 15 is 0 Å². The van der Waals surface area contributed by atoms with Gasteiger partial charge in [0.1, 0.15) is 13.2 Å². The molecular formula is C14H26O4. The molecule has 4 nitrogen and oxygen atoms in total. The van der Waals surface area contributed by atoms with E-state index in [1.165, 1.54) is 0 Å². The van der Waals surface area contributed by atoms with E-state index in [1.54, 1.807) is 12.2 Å². The van der Waals surface area contributed by atoms with Crippen LogP contribution in [0.25, 0.3) is 0 Å². The quantitative estimate of drug-likeness (QED) is 0.246. The van der Waals surface area contributed by atoms with E-state index in [0.717, 1.165) is 12.8 Å². The van der Waals surface area contributed by atoms with Gasteiger partial charge in [-0.2, -0.15) is 0 Å². The highest BCUT2D eigenvalue weighted by atomic mass is 17.2. The fourth-order valence-electron chi connectivity index (χ4n) is 1.17. The fourth-order valence-corrected chi connectivity index (χ4v) is 1.17. The maximum atomic E-state index is 5.31. The zero-order valence-corrected chi connectivity index (χ0v) is 12.0. The summed E-state index contributed by atoms with van der Waals surface area (Å²) in [5.41, 5.74) is -0.746. The molecule has 0 aliphatic carbocycles. The molecule has 0 unspecified atom stereocenters. The summed E-state index contributed by atoms with van der Waals surface area (Å²) in [5.74, 6) is 0. The minimum atomic E-state index is -0.373. The van der Waals surface area contributed by atoms with Crippen molar-refractivity contribution in [1.29, 1.82) is 0 Å². The average molecular weight is 258 g/mol. The topological polar surface area (TPSA) is 36.9 Å². The molecule has 0 amide bonds. The molecule has 4 heteroatoms. The van der Waals surface area contributed by atoms with Crippen LogP contribution >= 0.6 is 0 Å². The van der Waals surface area contributed by atoms with Crippen molar-refractivity contribution in [3.8, 4) is 0 Å². The molecule has 0 atom stereocenters. The van der Waals surface area contributed by atoms with Gasteiger partial charge in [0.2, 0.25) is 0 Å². The van der Waals surface area contributed by atoms with Crippen LogP contribution in [0, 0.1) is 0 Å². The third-order valence-corrected chi connectivity index (χ3v) is 2.27. The standard InChI is InChI=1S/C14H26O4/c1-7-11-15-17-13(3,4)9-10-14(5,6)18-16-12-8-2/h7-8H,1-2,9-12H2,3-6H3. The first-order chi connectivity index (χ1) is 8.33. The third-order valence-electron chi connectivity index (χ3n) is 2.27. The summed E-state index contributed by atoms with van der Waals surface area (Å²) in [6.45, 7) is 15.8. The van der Waals surface area contributed by atoms with Crippen molar-refractivity contribution in [2.45, 2.75) is 51.7 Å². The van der Waals surface area contributed by atoms with Crippen LogP contribution in [-0.4, -0.2) is 24.4 Å². The highest BCUT2D eigenvalue weighted by Gasteiger charge is 2.27. The highest BCUT2D eigenvalue weighted by Crippen LogP contribution is 2.25. The number of hydrogen-bond acceptors (Lipinski definition) is 4. The first-order valence-corrected chi connectivity index (χ1v) is 6.16. The lowest BCUT2D eigenvalue weighted by Gasteiger charge is -2.29. The summed E-state index contributed by atoms with van der Waals surface area (Å²) in [6, 6.07) is 0. The number of hydrogen-bond donors (Lipinski definition) is 0. The Bertz CT molecular complexity index is 220. The second kappa shape index (κ2) is 8.43. The van der Waals surface area contributed by atoms with E-state index in [-0.39, 0.29) is 11.2 Å². The molecule has 0 aliphatic rings. The van der Waals surface area contributed by atoms with Crippen molar-refractivity contribution in [2.75, 3.05) is 13.2 Å². The third kappa shape index (κ3) is 9.36. The van der Waals surface area contributed by atoms with Crippen molar-refractivity contribution in [3.63, 3.8) is 0 Å². The van der Waals surface area contributed by atoms with Gasteiger partial charge in [0, 0.05) is 0 Å². The SMILES string of the molecule is C=CCOOC(C)(C)CCC(C)(C)OOCC=C. The Balaban J connectivity index is 3.95. The van der Waals surface area contributed by atoms with Gasteiger partial charge in [-0.25, -0.2) is 19.6 Å². The van der Waals surface area contributed by atoms with Crippen LogP contribution in [0.4, 0.5) is 0 Å². The molecule has 0 saturated carbocycles. The van der Waals surface area contributed by atoms with Crippen molar-refractivity contribution >= 4 is 0 Å². The molecule has 0 fully saturated rings. The smallest absolute Gasteiger partial charge is 0.100 e. The summed E-state index contributed by atoms with van der Waals surface area (Å²) >= 11 is 0. The molecule has 0 bridgehead atoms. The van der Waals surface area contributed by atoms with Crippen LogP contribution in [0.15, 0.2) is 25.3 Å². The van der Waals surface area contributed by atoms with Gasteiger partial charge in [-0.3, -0.25) is 0 Å². The van der Waals surface area contributed by atoms with Gasteiger partial charge in [-0.1, -0.05) is 12.2 Å². The molecule has 0 aromatic rings. The largest absolute Gasteiger partial charge is 0.232 e. The summed E-state index contributed by atoms with van der Waals surface area (Å²) in [5, 5.41) is 0. The molecule has 0 rings (SSSR count). The average Bonchev–Trinajstić information content (AvgIpc) is 2.27. The molecule has 0 N–H and O–H groups in total. The predicted molar refractivity (Wildman–Crippen MR) is 71.9 cm³/mol. The zero-order valence-electron chi connectivity index (χ0n) is 12.0. The molecule has 0 aromatic heterocycles. The van der Waals surface area contributed by atoms with Crippen molar-refractivity contribution in [1.82, 2.24) is 0 Å². The maximum Gasteiger partial charge on any atom is 0.100 e. The van der Waals surface area contributed by atoms with Crippen LogP contribution in [0.5, 0.6) is 0 Å². The number of rotatable bonds is 11. The summed E-state index contributed by atoms with van der Waals surface area (Å²) in [4.78, 5) is 20.6. The highest BCUT2D eigenvalue weighted by molar-refractivity contribution is 4.75. The molecule has 0 aliphatic heterocycles. The summed E-state index contributed by atoms with van der Waals surface area (Å²) < 4.78 is 0. The van der Waals surface area contributed by atoms with E-state index in [0.29, 0.717) is 13.2 Å². The first kappa shape index (κ1) is 17.3. The van der Waals surface area contributed by atoms with Gasteiger partial charge < -0.3 is 0 Å². The van der Waals surface area contributed by atoms with E-state index < -0.39 is 0 Å². The first-order valence-electron chi connectivity index (χ1n) is 6.16. The van der Waals surface area contributed by atoms with Crippen LogP contribution < -0.4 is 0 Å². The molecule has 0 saturated heterocycles. The lowest BCUT2D eigenvalue weighted by Crippen LogP contribution is -2.31. The van der Waals surface area contributed by atoms with Crippen LogP contribution in [-0.2, 0) is 19.6 Å². The Morgan fingerprint density at radius 2 is 1.11 bits per heavy atom. The van der Waals surface area contributed by atoms with E-state index in [4.69, 9.17) is 19.6 Å². The predicted octanol–water partition coefficient (Wildman–Crippen LogP) is 3.59.